The fraction of sp³-hybridized carbons (Fsp3) is 0.735. The average Bonchev–Trinajstić information content (AvgIpc) is 3.22. The van der Waals surface area contributed by atoms with E-state index in [0.717, 1.165) is 48.3 Å². The van der Waals surface area contributed by atoms with Gasteiger partial charge in [0, 0.05) is 6.42 Å². The van der Waals surface area contributed by atoms with Crippen LogP contribution in [-0.4, -0.2) is 12.1 Å². The minimum absolute atomic E-state index is 0.0324. The van der Waals surface area contributed by atoms with Crippen molar-refractivity contribution in [3.63, 3.8) is 0 Å². The molecule has 4 aliphatic carbocycles. The number of hydrogen-bond donors (Lipinski definition) is 0. The van der Waals surface area contributed by atoms with E-state index in [0.29, 0.717) is 16.4 Å². The Balaban J connectivity index is 1.25. The van der Waals surface area contributed by atoms with E-state index in [1.807, 2.05) is 30.3 Å². The van der Waals surface area contributed by atoms with Crippen LogP contribution < -0.4 is 0 Å². The topological polar surface area (TPSA) is 26.3 Å². The van der Waals surface area contributed by atoms with Crippen LogP contribution >= 0.6 is 0 Å². The lowest BCUT2D eigenvalue weighted by molar-refractivity contribution is -0.0594. The van der Waals surface area contributed by atoms with Crippen LogP contribution in [0, 0.1) is 46.3 Å². The lowest BCUT2D eigenvalue weighted by atomic mass is 9.47. The molecule has 3 saturated carbocycles. The highest BCUT2D eigenvalue weighted by molar-refractivity contribution is 5.89. The molecule has 2 nitrogen and oxygen atoms in total. The first-order chi connectivity index (χ1) is 17.2. The minimum atomic E-state index is -0.161. The monoisotopic (exact) mass is 490 g/mol. The molecule has 0 radical (unpaired) electrons. The van der Waals surface area contributed by atoms with Crippen molar-refractivity contribution in [2.45, 2.75) is 111 Å². The molecule has 0 N–H and O–H groups in total. The summed E-state index contributed by atoms with van der Waals surface area (Å²) in [4.78, 5) is 12.7. The van der Waals surface area contributed by atoms with Crippen molar-refractivity contribution in [1.82, 2.24) is 0 Å². The van der Waals surface area contributed by atoms with Crippen LogP contribution in [0.2, 0.25) is 0 Å². The van der Waals surface area contributed by atoms with Gasteiger partial charge in [-0.2, -0.15) is 0 Å². The first kappa shape index (κ1) is 26.1. The molecule has 4 aliphatic rings. The highest BCUT2D eigenvalue weighted by Gasteiger charge is 2.59. The summed E-state index contributed by atoms with van der Waals surface area (Å²) in [6, 6.07) is 9.49. The van der Waals surface area contributed by atoms with Crippen LogP contribution in [-0.2, 0) is 4.74 Å². The maximum absolute atomic E-state index is 12.7. The average molecular weight is 491 g/mol. The van der Waals surface area contributed by atoms with E-state index in [2.05, 4.69) is 40.7 Å². The molecule has 0 amide bonds. The molecule has 0 heterocycles. The molecule has 0 saturated heterocycles. The van der Waals surface area contributed by atoms with E-state index >= 15 is 0 Å². The number of ether oxygens (including phenoxy) is 1. The lowest BCUT2D eigenvalue weighted by Gasteiger charge is -2.58. The Kier molecular flexibility index (Phi) is 7.45. The Labute approximate surface area is 220 Å². The van der Waals surface area contributed by atoms with Crippen LogP contribution in [0.1, 0.15) is 116 Å². The second kappa shape index (κ2) is 10.3. The van der Waals surface area contributed by atoms with Gasteiger partial charge in [0.15, 0.2) is 0 Å². The van der Waals surface area contributed by atoms with Crippen molar-refractivity contribution in [3.8, 4) is 0 Å². The van der Waals surface area contributed by atoms with Gasteiger partial charge < -0.3 is 4.74 Å². The van der Waals surface area contributed by atoms with E-state index in [4.69, 9.17) is 4.74 Å². The third-order valence-corrected chi connectivity index (χ3v) is 11.5. The van der Waals surface area contributed by atoms with Crippen molar-refractivity contribution >= 4 is 5.97 Å². The van der Waals surface area contributed by atoms with Gasteiger partial charge >= 0.3 is 5.97 Å². The second-order valence-corrected chi connectivity index (χ2v) is 13.9. The summed E-state index contributed by atoms with van der Waals surface area (Å²) in [6.07, 6.45) is 17.0. The number of benzene rings is 1. The Bertz CT molecular complexity index is 947. The number of carbonyl (C=O) groups is 1. The SMILES string of the molecule is CC(C)CCC[C@H](C)[C@H]1CC[C@H]2[C@H]3CC=C4C[C@@H](OC(=O)c5ccccc5)CC[C@]4(C)[C@@H]3CC[C@]12C. The second-order valence-electron chi connectivity index (χ2n) is 13.9. The summed E-state index contributed by atoms with van der Waals surface area (Å²) < 4.78 is 6.00. The highest BCUT2D eigenvalue weighted by atomic mass is 16.5. The molecule has 1 aromatic carbocycles. The zero-order valence-corrected chi connectivity index (χ0v) is 23.6. The van der Waals surface area contributed by atoms with Crippen LogP contribution in [0.25, 0.3) is 0 Å². The van der Waals surface area contributed by atoms with Gasteiger partial charge in [0.2, 0.25) is 0 Å². The van der Waals surface area contributed by atoms with Gasteiger partial charge in [-0.1, -0.05) is 83.7 Å². The summed E-state index contributed by atoms with van der Waals surface area (Å²) in [6.45, 7) is 12.6. The molecule has 0 bridgehead atoms. The molecule has 0 spiro atoms. The molecule has 0 aromatic heterocycles. The van der Waals surface area contributed by atoms with E-state index in [-0.39, 0.29) is 12.1 Å². The fourth-order valence-corrected chi connectivity index (χ4v) is 9.55. The van der Waals surface area contributed by atoms with Crippen molar-refractivity contribution in [2.75, 3.05) is 0 Å². The lowest BCUT2D eigenvalue weighted by Crippen LogP contribution is -2.51. The number of fused-ring (bicyclic) bond motifs is 5. The molecule has 5 rings (SSSR count). The molecule has 3 fully saturated rings. The van der Waals surface area contributed by atoms with Gasteiger partial charge in [0.1, 0.15) is 6.10 Å². The van der Waals surface area contributed by atoms with Crippen molar-refractivity contribution < 1.29 is 9.53 Å². The normalized spacial score (nSPS) is 38.5. The van der Waals surface area contributed by atoms with Crippen molar-refractivity contribution in [3.05, 3.63) is 47.5 Å². The zero-order valence-electron chi connectivity index (χ0n) is 23.6. The van der Waals surface area contributed by atoms with E-state index in [1.54, 1.807) is 5.57 Å². The summed E-state index contributed by atoms with van der Waals surface area (Å²) in [5, 5.41) is 0. The predicted octanol–water partition coefficient (Wildman–Crippen LogP) is 9.25. The highest BCUT2D eigenvalue weighted by Crippen LogP contribution is 2.67. The van der Waals surface area contributed by atoms with Gasteiger partial charge in [-0.05, 0) is 103 Å². The summed E-state index contributed by atoms with van der Waals surface area (Å²) in [5.74, 6) is 5.03. The molecule has 36 heavy (non-hydrogen) atoms. The summed E-state index contributed by atoms with van der Waals surface area (Å²) in [5.41, 5.74) is 3.12. The van der Waals surface area contributed by atoms with Gasteiger partial charge in [-0.3, -0.25) is 0 Å². The van der Waals surface area contributed by atoms with E-state index in [9.17, 15) is 4.79 Å². The van der Waals surface area contributed by atoms with Gasteiger partial charge in [0.05, 0.1) is 5.56 Å². The van der Waals surface area contributed by atoms with Crippen molar-refractivity contribution in [2.24, 2.45) is 46.3 Å². The Morgan fingerprint density at radius 3 is 2.50 bits per heavy atom. The molecule has 198 valence electrons. The summed E-state index contributed by atoms with van der Waals surface area (Å²) in [7, 11) is 0. The molecule has 0 unspecified atom stereocenters. The predicted molar refractivity (Wildman–Crippen MR) is 149 cm³/mol. The summed E-state index contributed by atoms with van der Waals surface area (Å²) >= 11 is 0. The minimum Gasteiger partial charge on any atom is -0.458 e. The molecule has 0 aliphatic heterocycles. The van der Waals surface area contributed by atoms with E-state index < -0.39 is 0 Å². The smallest absolute Gasteiger partial charge is 0.338 e. The largest absolute Gasteiger partial charge is 0.458 e. The number of esters is 1. The standard InChI is InChI=1S/C34H50O2/c1-23(2)10-9-11-24(3)29-16-17-30-28-15-14-26-22-27(36-32(35)25-12-7-6-8-13-25)18-20-33(26,4)31(28)19-21-34(29,30)5/h6-8,12-14,23-24,27-31H,9-11,15-22H2,1-5H3/t24-,27-,28+,29+,30-,31+,33-,34+/m0/s1. The van der Waals surface area contributed by atoms with E-state index in [1.165, 1.54) is 57.8 Å². The third kappa shape index (κ3) is 4.71. The first-order valence-corrected chi connectivity index (χ1v) is 15.2. The Hall–Kier alpha value is -1.57. The number of carbonyl (C=O) groups excluding carboxylic acids is 1. The molecule has 8 atom stereocenters. The molecule has 2 heteroatoms. The number of allylic oxidation sites excluding steroid dienone is 1. The number of hydrogen-bond acceptors (Lipinski definition) is 2. The van der Waals surface area contributed by atoms with Crippen LogP contribution in [0.15, 0.2) is 42.0 Å². The maximum Gasteiger partial charge on any atom is 0.338 e. The fourth-order valence-electron chi connectivity index (χ4n) is 9.55. The Morgan fingerprint density at radius 2 is 1.75 bits per heavy atom. The number of rotatable bonds is 7. The molecular formula is C34H50O2. The maximum atomic E-state index is 12.7. The van der Waals surface area contributed by atoms with Crippen molar-refractivity contribution in [1.29, 1.82) is 0 Å². The quantitative estimate of drug-likeness (QED) is 0.281. The van der Waals surface area contributed by atoms with Crippen LogP contribution in [0.4, 0.5) is 0 Å². The van der Waals surface area contributed by atoms with Gasteiger partial charge in [-0.15, -0.1) is 0 Å². The Morgan fingerprint density at radius 1 is 0.972 bits per heavy atom. The van der Waals surface area contributed by atoms with Crippen LogP contribution in [0.5, 0.6) is 0 Å². The van der Waals surface area contributed by atoms with Crippen LogP contribution in [0.3, 0.4) is 0 Å². The van der Waals surface area contributed by atoms with Gasteiger partial charge in [0.25, 0.3) is 0 Å². The van der Waals surface area contributed by atoms with Gasteiger partial charge in [-0.25, -0.2) is 4.79 Å². The first-order valence-electron chi connectivity index (χ1n) is 15.2. The molecule has 1 aromatic rings. The zero-order chi connectivity index (χ0) is 25.5. The third-order valence-electron chi connectivity index (χ3n) is 11.5. The molecular weight excluding hydrogens is 440 g/mol.